The molecule has 1 atom stereocenters. The number of nitrogens with one attached hydrogen (secondary N) is 2. The van der Waals surface area contributed by atoms with Crippen molar-refractivity contribution in [2.24, 2.45) is 0 Å². The molecule has 0 aliphatic carbocycles. The Balaban J connectivity index is 2.20. The Labute approximate surface area is 92.1 Å². The van der Waals surface area contributed by atoms with Crippen LogP contribution in [-0.4, -0.2) is 41.3 Å². The smallest absolute Gasteiger partial charge is 0.0518 e. The summed E-state index contributed by atoms with van der Waals surface area (Å²) in [4.78, 5) is 2.41. The van der Waals surface area contributed by atoms with Gasteiger partial charge in [-0.2, -0.15) is 5.10 Å². The van der Waals surface area contributed by atoms with E-state index in [9.17, 15) is 0 Å². The van der Waals surface area contributed by atoms with Crippen LogP contribution < -0.4 is 5.32 Å². The summed E-state index contributed by atoms with van der Waals surface area (Å²) in [7, 11) is 0. The number of nitrogens with zero attached hydrogens (tertiary/aromatic N) is 2. The van der Waals surface area contributed by atoms with E-state index in [1.165, 1.54) is 0 Å². The summed E-state index contributed by atoms with van der Waals surface area (Å²) in [6.07, 6.45) is 1.79. The molecule has 0 saturated carbocycles. The third-order valence-electron chi connectivity index (χ3n) is 2.76. The van der Waals surface area contributed by atoms with Crippen LogP contribution >= 0.6 is 0 Å². The van der Waals surface area contributed by atoms with Gasteiger partial charge in [0, 0.05) is 25.3 Å². The van der Waals surface area contributed by atoms with E-state index in [4.69, 9.17) is 0 Å². The second-order valence-corrected chi connectivity index (χ2v) is 3.71. The minimum atomic E-state index is 0.350. The Morgan fingerprint density at radius 2 is 2.20 bits per heavy atom. The predicted octanol–water partition coefficient (Wildman–Crippen LogP) is 1.40. The quantitative estimate of drug-likeness (QED) is 0.715. The highest BCUT2D eigenvalue weighted by atomic mass is 15.1. The average molecular weight is 210 g/mol. The first-order chi connectivity index (χ1) is 7.27. The Hall–Kier alpha value is -0.870. The lowest BCUT2D eigenvalue weighted by Crippen LogP contribution is -2.33. The zero-order chi connectivity index (χ0) is 11.1. The van der Waals surface area contributed by atoms with Crippen molar-refractivity contribution in [2.45, 2.75) is 26.8 Å². The molecule has 4 nitrogen and oxygen atoms in total. The van der Waals surface area contributed by atoms with Gasteiger partial charge in [0.05, 0.1) is 5.69 Å². The number of likely N-dealkylation sites (N-methyl/N-ethyl adjacent to an activating group) is 1. The number of H-pyrrole nitrogens is 1. The van der Waals surface area contributed by atoms with Crippen molar-refractivity contribution < 1.29 is 0 Å². The highest BCUT2D eigenvalue weighted by Crippen LogP contribution is 2.06. The van der Waals surface area contributed by atoms with Crippen LogP contribution in [-0.2, 0) is 0 Å². The van der Waals surface area contributed by atoms with Gasteiger partial charge in [-0.1, -0.05) is 13.8 Å². The molecule has 0 bridgehead atoms. The molecule has 0 radical (unpaired) electrons. The fourth-order valence-corrected chi connectivity index (χ4v) is 1.60. The number of aromatic nitrogens is 2. The van der Waals surface area contributed by atoms with Crippen LogP contribution in [0.25, 0.3) is 0 Å². The minimum absolute atomic E-state index is 0.350. The van der Waals surface area contributed by atoms with E-state index in [-0.39, 0.29) is 0 Å². The summed E-state index contributed by atoms with van der Waals surface area (Å²) < 4.78 is 0. The van der Waals surface area contributed by atoms with Crippen molar-refractivity contribution in [3.05, 3.63) is 18.0 Å². The number of hydrogen-bond acceptors (Lipinski definition) is 3. The minimum Gasteiger partial charge on any atom is -0.308 e. The largest absolute Gasteiger partial charge is 0.308 e. The van der Waals surface area contributed by atoms with Crippen LogP contribution in [0.3, 0.4) is 0 Å². The topological polar surface area (TPSA) is 44.0 Å². The molecule has 1 heterocycles. The number of rotatable bonds is 7. The van der Waals surface area contributed by atoms with Gasteiger partial charge in [-0.25, -0.2) is 0 Å². The Morgan fingerprint density at radius 1 is 1.47 bits per heavy atom. The van der Waals surface area contributed by atoms with E-state index in [1.807, 2.05) is 6.07 Å². The zero-order valence-electron chi connectivity index (χ0n) is 9.95. The normalized spacial score (nSPS) is 13.3. The van der Waals surface area contributed by atoms with Crippen LogP contribution in [0.5, 0.6) is 0 Å². The Morgan fingerprint density at radius 3 is 2.73 bits per heavy atom. The lowest BCUT2D eigenvalue weighted by atomic mass is 10.2. The van der Waals surface area contributed by atoms with Gasteiger partial charge in [0.25, 0.3) is 0 Å². The van der Waals surface area contributed by atoms with E-state index >= 15 is 0 Å². The maximum Gasteiger partial charge on any atom is 0.0518 e. The zero-order valence-corrected chi connectivity index (χ0v) is 9.95. The Bertz CT molecular complexity index is 241. The van der Waals surface area contributed by atoms with Crippen LogP contribution in [0.1, 0.15) is 32.5 Å². The first-order valence-electron chi connectivity index (χ1n) is 5.72. The molecule has 0 aromatic carbocycles. The van der Waals surface area contributed by atoms with Crippen LogP contribution in [0, 0.1) is 0 Å². The third-order valence-corrected chi connectivity index (χ3v) is 2.76. The van der Waals surface area contributed by atoms with Gasteiger partial charge in [0.1, 0.15) is 0 Å². The molecule has 1 aromatic rings. The van der Waals surface area contributed by atoms with Gasteiger partial charge in [-0.05, 0) is 26.1 Å². The van der Waals surface area contributed by atoms with Gasteiger partial charge in [0.15, 0.2) is 0 Å². The van der Waals surface area contributed by atoms with Gasteiger partial charge >= 0.3 is 0 Å². The van der Waals surface area contributed by atoms with Crippen molar-refractivity contribution in [2.75, 3.05) is 26.2 Å². The number of aromatic amines is 1. The number of hydrogen-bond donors (Lipinski definition) is 2. The lowest BCUT2D eigenvalue weighted by molar-refractivity contribution is 0.297. The van der Waals surface area contributed by atoms with Gasteiger partial charge in [0.2, 0.25) is 0 Å². The first-order valence-corrected chi connectivity index (χ1v) is 5.72. The predicted molar refractivity (Wildman–Crippen MR) is 62.8 cm³/mol. The van der Waals surface area contributed by atoms with Gasteiger partial charge in [-0.15, -0.1) is 0 Å². The van der Waals surface area contributed by atoms with Crippen molar-refractivity contribution >= 4 is 0 Å². The van der Waals surface area contributed by atoms with E-state index in [1.54, 1.807) is 6.20 Å². The monoisotopic (exact) mass is 210 g/mol. The van der Waals surface area contributed by atoms with Crippen LogP contribution in [0.15, 0.2) is 12.3 Å². The van der Waals surface area contributed by atoms with Gasteiger partial charge < -0.3 is 10.2 Å². The molecule has 0 aliphatic heterocycles. The van der Waals surface area contributed by atoms with E-state index in [2.05, 4.69) is 41.2 Å². The second-order valence-electron chi connectivity index (χ2n) is 3.71. The summed E-state index contributed by atoms with van der Waals surface area (Å²) >= 11 is 0. The van der Waals surface area contributed by atoms with Crippen molar-refractivity contribution in [1.82, 2.24) is 20.4 Å². The van der Waals surface area contributed by atoms with Gasteiger partial charge in [-0.3, -0.25) is 5.10 Å². The summed E-state index contributed by atoms with van der Waals surface area (Å²) in [5, 5.41) is 10.4. The lowest BCUT2D eigenvalue weighted by Gasteiger charge is -2.19. The fourth-order valence-electron chi connectivity index (χ4n) is 1.60. The summed E-state index contributed by atoms with van der Waals surface area (Å²) in [5.74, 6) is 0. The molecule has 4 heteroatoms. The molecule has 1 rings (SSSR count). The Kier molecular flexibility index (Phi) is 5.36. The third kappa shape index (κ3) is 4.01. The summed E-state index contributed by atoms with van der Waals surface area (Å²) in [6, 6.07) is 2.36. The van der Waals surface area contributed by atoms with Crippen molar-refractivity contribution in [1.29, 1.82) is 0 Å². The first kappa shape index (κ1) is 12.2. The average Bonchev–Trinajstić information content (AvgIpc) is 2.77. The SMILES string of the molecule is CCN(CC)CCNC(C)c1ccn[nH]1. The molecular weight excluding hydrogens is 188 g/mol. The van der Waals surface area contributed by atoms with Crippen LogP contribution in [0.2, 0.25) is 0 Å². The highest BCUT2D eigenvalue weighted by molar-refractivity contribution is 5.02. The maximum absolute atomic E-state index is 3.94. The molecule has 0 aliphatic rings. The standard InChI is InChI=1S/C11H22N4/c1-4-15(5-2)9-8-12-10(3)11-6-7-13-14-11/h6-7,10,12H,4-5,8-9H2,1-3H3,(H,13,14). The fraction of sp³-hybridized carbons (Fsp3) is 0.727. The molecule has 15 heavy (non-hydrogen) atoms. The highest BCUT2D eigenvalue weighted by Gasteiger charge is 2.05. The molecule has 0 saturated heterocycles. The molecular formula is C11H22N4. The van der Waals surface area contributed by atoms with Crippen LogP contribution in [0.4, 0.5) is 0 Å². The molecule has 0 spiro atoms. The maximum atomic E-state index is 3.94. The molecule has 1 unspecified atom stereocenters. The summed E-state index contributed by atoms with van der Waals surface area (Å²) in [5.41, 5.74) is 1.15. The van der Waals surface area contributed by atoms with Crippen molar-refractivity contribution in [3.63, 3.8) is 0 Å². The molecule has 2 N–H and O–H groups in total. The molecule has 0 fully saturated rings. The molecule has 1 aromatic heterocycles. The van der Waals surface area contributed by atoms with E-state index < -0.39 is 0 Å². The molecule has 0 amide bonds. The summed E-state index contributed by atoms with van der Waals surface area (Å²) in [6.45, 7) is 10.9. The van der Waals surface area contributed by atoms with E-state index in [0.29, 0.717) is 6.04 Å². The van der Waals surface area contributed by atoms with E-state index in [0.717, 1.165) is 31.9 Å². The second kappa shape index (κ2) is 6.58. The molecule has 86 valence electrons. The van der Waals surface area contributed by atoms with Crippen molar-refractivity contribution in [3.8, 4) is 0 Å².